The molecule has 2 aromatic rings. The lowest BCUT2D eigenvalue weighted by atomic mass is 10.0. The Labute approximate surface area is 137 Å². The molecule has 1 aromatic heterocycles. The van der Waals surface area contributed by atoms with Gasteiger partial charge in [-0.05, 0) is 37.0 Å². The van der Waals surface area contributed by atoms with E-state index in [2.05, 4.69) is 4.99 Å². The van der Waals surface area contributed by atoms with Gasteiger partial charge in [-0.15, -0.1) is 11.3 Å². The fourth-order valence-corrected chi connectivity index (χ4v) is 3.89. The van der Waals surface area contributed by atoms with Crippen LogP contribution in [0.5, 0.6) is 0 Å². The number of carbonyl (C=O) groups excluding carboxylic acids is 1. The highest BCUT2D eigenvalue weighted by Crippen LogP contribution is 2.48. The number of nitrogens with zero attached hydrogens (tertiary/aromatic N) is 2. The molecule has 3 nitrogen and oxygen atoms in total. The van der Waals surface area contributed by atoms with Gasteiger partial charge in [-0.3, -0.25) is 4.79 Å². The molecule has 0 unspecified atom stereocenters. The maximum Gasteiger partial charge on any atom is 0.160 e. The fourth-order valence-electron chi connectivity index (χ4n) is 2.93. The molecule has 1 aliphatic heterocycles. The number of hydrogen-bond acceptors (Lipinski definition) is 4. The van der Waals surface area contributed by atoms with E-state index in [9.17, 15) is 9.18 Å². The predicted octanol–water partition coefficient (Wildman–Crippen LogP) is 4.69. The molecule has 23 heavy (non-hydrogen) atoms. The molecule has 2 heterocycles. The number of thiophene rings is 1. The highest BCUT2D eigenvalue weighted by molar-refractivity contribution is 7.18. The molecular weight excluding hydrogens is 311 g/mol. The Kier molecular flexibility index (Phi) is 3.38. The molecule has 1 aliphatic carbocycles. The zero-order valence-electron chi connectivity index (χ0n) is 12.7. The van der Waals surface area contributed by atoms with Gasteiger partial charge in [0.05, 0.1) is 23.5 Å². The summed E-state index contributed by atoms with van der Waals surface area (Å²) in [5.41, 5.74) is 5.13. The zero-order chi connectivity index (χ0) is 16.0. The van der Waals surface area contributed by atoms with Crippen LogP contribution < -0.4 is 0 Å². The Morgan fingerprint density at radius 3 is 2.83 bits per heavy atom. The molecule has 0 amide bonds. The lowest BCUT2D eigenvalue weighted by Crippen LogP contribution is -2.23. The van der Waals surface area contributed by atoms with Gasteiger partial charge in [-0.25, -0.2) is 9.38 Å². The second-order valence-corrected chi connectivity index (χ2v) is 6.84. The number of aldehydes is 1. The number of halogens is 1. The van der Waals surface area contributed by atoms with Crippen LogP contribution in [0.15, 0.2) is 34.8 Å². The van der Waals surface area contributed by atoms with E-state index in [4.69, 9.17) is 0 Å². The van der Waals surface area contributed by atoms with Crippen LogP contribution in [0.1, 0.15) is 39.2 Å². The summed E-state index contributed by atoms with van der Waals surface area (Å²) >= 11 is 1.42. The maximum atomic E-state index is 14.0. The SMILES string of the molecule is Cc1c(C=O)sc2c1C(=C1CC1)N(Cc1ccccc1F)C=N2. The van der Waals surface area contributed by atoms with E-state index >= 15 is 0 Å². The summed E-state index contributed by atoms with van der Waals surface area (Å²) in [4.78, 5) is 18.5. The Bertz CT molecular complexity index is 860. The molecule has 0 bridgehead atoms. The summed E-state index contributed by atoms with van der Waals surface area (Å²) in [5.74, 6) is -0.206. The molecule has 4 rings (SSSR count). The summed E-state index contributed by atoms with van der Waals surface area (Å²) < 4.78 is 14.0. The van der Waals surface area contributed by atoms with Gasteiger partial charge in [0.15, 0.2) is 6.29 Å². The average molecular weight is 326 g/mol. The Balaban J connectivity index is 1.78. The van der Waals surface area contributed by atoms with Crippen LogP contribution in [0.3, 0.4) is 0 Å². The van der Waals surface area contributed by atoms with Crippen molar-refractivity contribution in [1.82, 2.24) is 4.90 Å². The summed E-state index contributed by atoms with van der Waals surface area (Å²) in [7, 11) is 0. The van der Waals surface area contributed by atoms with Gasteiger partial charge in [0, 0.05) is 11.1 Å². The van der Waals surface area contributed by atoms with Crippen molar-refractivity contribution >= 4 is 34.7 Å². The second-order valence-electron chi connectivity index (χ2n) is 5.81. The normalized spacial score (nSPS) is 15.8. The largest absolute Gasteiger partial charge is 0.327 e. The van der Waals surface area contributed by atoms with E-state index in [1.165, 1.54) is 23.0 Å². The van der Waals surface area contributed by atoms with Crippen LogP contribution in [-0.2, 0) is 6.54 Å². The number of carbonyl (C=O) groups is 1. The van der Waals surface area contributed by atoms with Gasteiger partial charge in [0.1, 0.15) is 10.8 Å². The first-order chi connectivity index (χ1) is 11.2. The van der Waals surface area contributed by atoms with Gasteiger partial charge in [-0.1, -0.05) is 18.2 Å². The minimum Gasteiger partial charge on any atom is -0.327 e. The molecule has 5 heteroatoms. The van der Waals surface area contributed by atoms with Crippen molar-refractivity contribution in [3.05, 3.63) is 57.2 Å². The quantitative estimate of drug-likeness (QED) is 0.767. The number of rotatable bonds is 3. The maximum absolute atomic E-state index is 14.0. The molecule has 1 fully saturated rings. The summed E-state index contributed by atoms with van der Waals surface area (Å²) in [6.45, 7) is 2.41. The zero-order valence-corrected chi connectivity index (χ0v) is 13.5. The van der Waals surface area contributed by atoms with Crippen molar-refractivity contribution < 1.29 is 9.18 Å². The molecule has 0 saturated heterocycles. The lowest BCUT2D eigenvalue weighted by Gasteiger charge is -2.27. The molecule has 0 N–H and O–H groups in total. The minimum absolute atomic E-state index is 0.206. The third kappa shape index (κ3) is 2.41. The number of hydrogen-bond donors (Lipinski definition) is 0. The third-order valence-corrected chi connectivity index (χ3v) is 5.37. The Hall–Kier alpha value is -2.27. The van der Waals surface area contributed by atoms with Crippen LogP contribution >= 0.6 is 11.3 Å². The topological polar surface area (TPSA) is 32.7 Å². The van der Waals surface area contributed by atoms with Crippen LogP contribution in [0.4, 0.5) is 9.39 Å². The monoisotopic (exact) mass is 326 g/mol. The average Bonchev–Trinajstić information content (AvgIpc) is 3.34. The molecule has 1 saturated carbocycles. The van der Waals surface area contributed by atoms with Crippen molar-refractivity contribution in [2.24, 2.45) is 4.99 Å². The summed E-state index contributed by atoms with van der Waals surface area (Å²) in [5, 5.41) is 0.879. The van der Waals surface area contributed by atoms with E-state index in [1.54, 1.807) is 18.5 Å². The van der Waals surface area contributed by atoms with Gasteiger partial charge in [0.2, 0.25) is 0 Å². The number of fused-ring (bicyclic) bond motifs is 1. The molecule has 1 aromatic carbocycles. The van der Waals surface area contributed by atoms with Crippen LogP contribution in [-0.4, -0.2) is 17.5 Å². The number of allylic oxidation sites excluding steroid dienone is 1. The fraction of sp³-hybridized carbons (Fsp3) is 0.222. The number of aliphatic imine (C=N–C) groups is 1. The van der Waals surface area contributed by atoms with Crippen molar-refractivity contribution in [3.63, 3.8) is 0 Å². The molecule has 2 aliphatic rings. The Morgan fingerprint density at radius 2 is 2.13 bits per heavy atom. The molecule has 116 valence electrons. The van der Waals surface area contributed by atoms with Crippen molar-refractivity contribution in [2.45, 2.75) is 26.3 Å². The molecule has 0 atom stereocenters. The molecular formula is C18H15FN2OS. The summed E-state index contributed by atoms with van der Waals surface area (Å²) in [6, 6.07) is 6.81. The van der Waals surface area contributed by atoms with Crippen LogP contribution in [0.25, 0.3) is 5.70 Å². The van der Waals surface area contributed by atoms with Crippen molar-refractivity contribution in [2.75, 3.05) is 0 Å². The standard InChI is InChI=1S/C18H15FN2OS/c1-11-15(9-22)23-18-16(11)17(12-6-7-12)21(10-20-18)8-13-4-2-3-5-14(13)19/h2-5,9-10H,6-8H2,1H3. The highest BCUT2D eigenvalue weighted by atomic mass is 32.1. The van der Waals surface area contributed by atoms with Gasteiger partial charge in [0.25, 0.3) is 0 Å². The van der Waals surface area contributed by atoms with Gasteiger partial charge >= 0.3 is 0 Å². The Morgan fingerprint density at radius 1 is 1.35 bits per heavy atom. The predicted molar refractivity (Wildman–Crippen MR) is 90.7 cm³/mol. The molecule has 0 spiro atoms. The first-order valence-electron chi connectivity index (χ1n) is 7.54. The van der Waals surface area contributed by atoms with Crippen LogP contribution in [0, 0.1) is 12.7 Å². The first-order valence-corrected chi connectivity index (χ1v) is 8.36. The van der Waals surface area contributed by atoms with Crippen molar-refractivity contribution in [3.8, 4) is 0 Å². The number of benzene rings is 1. The van der Waals surface area contributed by atoms with E-state index in [0.717, 1.165) is 45.8 Å². The third-order valence-electron chi connectivity index (χ3n) is 4.24. The second kappa shape index (κ2) is 5.42. The van der Waals surface area contributed by atoms with E-state index in [0.29, 0.717) is 12.1 Å². The van der Waals surface area contributed by atoms with Crippen LogP contribution in [0.2, 0.25) is 0 Å². The summed E-state index contributed by atoms with van der Waals surface area (Å²) in [6.07, 6.45) is 4.77. The smallest absolute Gasteiger partial charge is 0.160 e. The van der Waals surface area contributed by atoms with Gasteiger partial charge in [-0.2, -0.15) is 0 Å². The van der Waals surface area contributed by atoms with E-state index in [1.807, 2.05) is 17.9 Å². The highest BCUT2D eigenvalue weighted by Gasteiger charge is 2.31. The van der Waals surface area contributed by atoms with E-state index < -0.39 is 0 Å². The first kappa shape index (κ1) is 14.3. The molecule has 0 radical (unpaired) electrons. The van der Waals surface area contributed by atoms with Gasteiger partial charge < -0.3 is 4.90 Å². The lowest BCUT2D eigenvalue weighted by molar-refractivity contribution is 0.112. The minimum atomic E-state index is -0.206. The van der Waals surface area contributed by atoms with Crippen molar-refractivity contribution in [1.29, 1.82) is 0 Å². The van der Waals surface area contributed by atoms with E-state index in [-0.39, 0.29) is 5.82 Å².